The number of carbonyl (C=O) groups is 1. The fraction of sp³-hybridized carbons (Fsp3) is 0.444. The smallest absolute Gasteiger partial charge is 0.286 e. The Balaban J connectivity index is 1.73. The van der Waals surface area contributed by atoms with Gasteiger partial charge in [-0.2, -0.15) is 4.99 Å². The number of amides is 1. The van der Waals surface area contributed by atoms with E-state index in [4.69, 9.17) is 4.74 Å². The van der Waals surface area contributed by atoms with E-state index in [1.807, 2.05) is 30.3 Å². The molecule has 23 heavy (non-hydrogen) atoms. The summed E-state index contributed by atoms with van der Waals surface area (Å²) in [6.45, 7) is 4.85. The Bertz CT molecular complexity index is 634. The highest BCUT2D eigenvalue weighted by Gasteiger charge is 2.27. The van der Waals surface area contributed by atoms with Crippen LogP contribution in [0, 0.1) is 0 Å². The fourth-order valence-electron chi connectivity index (χ4n) is 2.64. The molecule has 0 unspecified atom stereocenters. The predicted octanol–water partition coefficient (Wildman–Crippen LogP) is 3.93. The standard InChI is InChI=1S/C18H22N2O2S/c1-2-3-12-22-15-9-5-4-8-14(15)13-16-17(21)19-18(23-16)20-10-6-7-11-20/h4-5,8-9,13H,2-3,6-7,10-12H2,1H3/b16-13+. The topological polar surface area (TPSA) is 41.9 Å². The molecule has 2 heterocycles. The molecule has 0 atom stereocenters. The Labute approximate surface area is 141 Å². The number of rotatable bonds is 5. The molecule has 1 fully saturated rings. The van der Waals surface area contributed by atoms with Gasteiger partial charge in [0, 0.05) is 18.7 Å². The molecule has 0 aliphatic carbocycles. The van der Waals surface area contributed by atoms with Crippen molar-refractivity contribution in [2.24, 2.45) is 4.99 Å². The second-order valence-corrected chi connectivity index (χ2v) is 6.75. The van der Waals surface area contributed by atoms with E-state index in [1.54, 1.807) is 0 Å². The molecule has 0 spiro atoms. The van der Waals surface area contributed by atoms with Crippen molar-refractivity contribution in [2.45, 2.75) is 32.6 Å². The number of ether oxygens (including phenoxy) is 1. The predicted molar refractivity (Wildman–Crippen MR) is 95.7 cm³/mol. The summed E-state index contributed by atoms with van der Waals surface area (Å²) in [6, 6.07) is 7.86. The van der Waals surface area contributed by atoms with Gasteiger partial charge in [-0.3, -0.25) is 4.79 Å². The Morgan fingerprint density at radius 1 is 1.30 bits per heavy atom. The summed E-state index contributed by atoms with van der Waals surface area (Å²) in [5.41, 5.74) is 0.942. The molecule has 0 aromatic heterocycles. The Morgan fingerprint density at radius 2 is 2.09 bits per heavy atom. The first-order valence-corrected chi connectivity index (χ1v) is 9.09. The zero-order valence-corrected chi connectivity index (χ0v) is 14.3. The molecule has 0 bridgehead atoms. The van der Waals surface area contributed by atoms with Gasteiger partial charge in [0.1, 0.15) is 5.75 Å². The SMILES string of the molecule is CCCCOc1ccccc1/C=C1/SC(N2CCCC2)=NC1=O. The second kappa shape index (κ2) is 7.68. The Kier molecular flexibility index (Phi) is 5.39. The molecule has 0 saturated carbocycles. The van der Waals surface area contributed by atoms with Crippen LogP contribution < -0.4 is 4.74 Å². The average molecular weight is 330 g/mol. The van der Waals surface area contributed by atoms with Crippen LogP contribution in [-0.4, -0.2) is 35.7 Å². The quantitative estimate of drug-likeness (QED) is 0.606. The van der Waals surface area contributed by atoms with Gasteiger partial charge in [0.25, 0.3) is 5.91 Å². The molecule has 1 aromatic rings. The highest BCUT2D eigenvalue weighted by Crippen LogP contribution is 2.33. The van der Waals surface area contributed by atoms with Gasteiger partial charge in [-0.05, 0) is 43.2 Å². The lowest BCUT2D eigenvalue weighted by Gasteiger charge is -2.14. The molecule has 2 aliphatic heterocycles. The van der Waals surface area contributed by atoms with E-state index in [1.165, 1.54) is 24.6 Å². The van der Waals surface area contributed by atoms with E-state index in [2.05, 4.69) is 16.8 Å². The van der Waals surface area contributed by atoms with Gasteiger partial charge < -0.3 is 9.64 Å². The summed E-state index contributed by atoms with van der Waals surface area (Å²) in [6.07, 6.45) is 6.40. The number of para-hydroxylation sites is 1. The van der Waals surface area contributed by atoms with Gasteiger partial charge in [0.15, 0.2) is 5.17 Å². The molecule has 0 N–H and O–H groups in total. The second-order valence-electron chi connectivity index (χ2n) is 5.74. The number of amidine groups is 1. The third-order valence-corrected chi connectivity index (χ3v) is 4.99. The minimum atomic E-state index is -0.139. The van der Waals surface area contributed by atoms with Gasteiger partial charge >= 0.3 is 0 Å². The van der Waals surface area contributed by atoms with E-state index in [9.17, 15) is 4.79 Å². The van der Waals surface area contributed by atoms with Gasteiger partial charge in [0.05, 0.1) is 11.5 Å². The highest BCUT2D eigenvalue weighted by molar-refractivity contribution is 8.18. The fourth-order valence-corrected chi connectivity index (χ4v) is 3.60. The number of benzene rings is 1. The van der Waals surface area contributed by atoms with Crippen LogP contribution in [0.2, 0.25) is 0 Å². The number of likely N-dealkylation sites (tertiary alicyclic amines) is 1. The van der Waals surface area contributed by atoms with E-state index < -0.39 is 0 Å². The molecule has 5 heteroatoms. The van der Waals surface area contributed by atoms with Crippen molar-refractivity contribution in [3.8, 4) is 5.75 Å². The van der Waals surface area contributed by atoms with Gasteiger partial charge in [0.2, 0.25) is 0 Å². The van der Waals surface area contributed by atoms with Crippen LogP contribution in [0.1, 0.15) is 38.2 Å². The van der Waals surface area contributed by atoms with Crippen LogP contribution in [0.25, 0.3) is 6.08 Å². The molecular formula is C18H22N2O2S. The molecule has 1 saturated heterocycles. The van der Waals surface area contributed by atoms with E-state index in [-0.39, 0.29) is 5.91 Å². The maximum atomic E-state index is 12.2. The monoisotopic (exact) mass is 330 g/mol. The van der Waals surface area contributed by atoms with Crippen LogP contribution in [-0.2, 0) is 4.79 Å². The first-order valence-electron chi connectivity index (χ1n) is 8.27. The number of thioether (sulfide) groups is 1. The summed E-state index contributed by atoms with van der Waals surface area (Å²) in [4.78, 5) is 19.3. The normalized spacial score (nSPS) is 19.5. The maximum Gasteiger partial charge on any atom is 0.286 e. The number of aliphatic imine (C=N–C) groups is 1. The minimum Gasteiger partial charge on any atom is -0.493 e. The summed E-state index contributed by atoms with van der Waals surface area (Å²) in [7, 11) is 0. The zero-order valence-electron chi connectivity index (χ0n) is 13.5. The maximum absolute atomic E-state index is 12.2. The lowest BCUT2D eigenvalue weighted by atomic mass is 10.2. The Morgan fingerprint density at radius 3 is 2.87 bits per heavy atom. The lowest BCUT2D eigenvalue weighted by Crippen LogP contribution is -2.23. The van der Waals surface area contributed by atoms with Gasteiger partial charge in [-0.15, -0.1) is 0 Å². The van der Waals surface area contributed by atoms with Crippen molar-refractivity contribution in [1.29, 1.82) is 0 Å². The van der Waals surface area contributed by atoms with Crippen LogP contribution in [0.5, 0.6) is 5.75 Å². The molecule has 1 aromatic carbocycles. The lowest BCUT2D eigenvalue weighted by molar-refractivity contribution is -0.113. The average Bonchev–Trinajstić information content (AvgIpc) is 3.20. The van der Waals surface area contributed by atoms with Crippen molar-refractivity contribution in [3.63, 3.8) is 0 Å². The van der Waals surface area contributed by atoms with Crippen molar-refractivity contribution in [3.05, 3.63) is 34.7 Å². The molecule has 4 nitrogen and oxygen atoms in total. The number of nitrogens with zero attached hydrogens (tertiary/aromatic N) is 2. The third kappa shape index (κ3) is 3.96. The summed E-state index contributed by atoms with van der Waals surface area (Å²) in [5.74, 6) is 0.691. The van der Waals surface area contributed by atoms with Crippen LogP contribution >= 0.6 is 11.8 Å². The van der Waals surface area contributed by atoms with E-state index >= 15 is 0 Å². The highest BCUT2D eigenvalue weighted by atomic mass is 32.2. The molecule has 0 radical (unpaired) electrons. The molecule has 122 valence electrons. The first kappa shape index (κ1) is 16.1. The minimum absolute atomic E-state index is 0.139. The third-order valence-electron chi connectivity index (χ3n) is 3.95. The first-order chi connectivity index (χ1) is 11.3. The van der Waals surface area contributed by atoms with Crippen molar-refractivity contribution in [2.75, 3.05) is 19.7 Å². The van der Waals surface area contributed by atoms with Crippen LogP contribution in [0.15, 0.2) is 34.2 Å². The largest absolute Gasteiger partial charge is 0.493 e. The molecule has 1 amide bonds. The number of unbranched alkanes of at least 4 members (excludes halogenated alkanes) is 1. The van der Waals surface area contributed by atoms with E-state index in [0.29, 0.717) is 11.5 Å². The number of hydrogen-bond donors (Lipinski definition) is 0. The Hall–Kier alpha value is -1.75. The summed E-state index contributed by atoms with van der Waals surface area (Å²) >= 11 is 1.48. The summed E-state index contributed by atoms with van der Waals surface area (Å²) < 4.78 is 5.84. The molecular weight excluding hydrogens is 308 g/mol. The number of hydrogen-bond acceptors (Lipinski definition) is 4. The zero-order chi connectivity index (χ0) is 16.1. The van der Waals surface area contributed by atoms with Crippen LogP contribution in [0.4, 0.5) is 0 Å². The van der Waals surface area contributed by atoms with Crippen molar-refractivity contribution < 1.29 is 9.53 Å². The number of carbonyl (C=O) groups excluding carboxylic acids is 1. The molecule has 2 aliphatic rings. The summed E-state index contributed by atoms with van der Waals surface area (Å²) in [5, 5.41) is 0.850. The van der Waals surface area contributed by atoms with E-state index in [0.717, 1.165) is 42.4 Å². The van der Waals surface area contributed by atoms with Crippen molar-refractivity contribution >= 4 is 28.9 Å². The van der Waals surface area contributed by atoms with Crippen LogP contribution in [0.3, 0.4) is 0 Å². The van der Waals surface area contributed by atoms with Gasteiger partial charge in [-0.25, -0.2) is 0 Å². The van der Waals surface area contributed by atoms with Gasteiger partial charge in [-0.1, -0.05) is 31.5 Å². The van der Waals surface area contributed by atoms with Crippen molar-refractivity contribution in [1.82, 2.24) is 4.90 Å². The molecule has 3 rings (SSSR count).